The first-order valence-corrected chi connectivity index (χ1v) is 6.05. The molecular formula is C10H9BrClN3O. The Morgan fingerprint density at radius 1 is 1.50 bits per heavy atom. The summed E-state index contributed by atoms with van der Waals surface area (Å²) in [7, 11) is 1.55. The summed E-state index contributed by atoms with van der Waals surface area (Å²) in [4.78, 5) is 1.47. The molecule has 2 aromatic rings. The fourth-order valence-electron chi connectivity index (χ4n) is 1.24. The van der Waals surface area contributed by atoms with Gasteiger partial charge in [0.15, 0.2) is 0 Å². The highest BCUT2D eigenvalue weighted by Gasteiger charge is 2.05. The van der Waals surface area contributed by atoms with Gasteiger partial charge in [-0.15, -0.1) is 9.90 Å². The lowest BCUT2D eigenvalue weighted by Gasteiger charge is -2.03. The predicted octanol–water partition coefficient (Wildman–Crippen LogP) is 2.82. The van der Waals surface area contributed by atoms with Crippen molar-refractivity contribution < 1.29 is 4.74 Å². The summed E-state index contributed by atoms with van der Waals surface area (Å²) in [6.45, 7) is 0. The van der Waals surface area contributed by atoms with Gasteiger partial charge in [0.05, 0.1) is 12.8 Å². The first-order chi connectivity index (χ1) is 7.74. The molecule has 4 nitrogen and oxygen atoms in total. The van der Waals surface area contributed by atoms with Crippen molar-refractivity contribution in [3.63, 3.8) is 0 Å². The Kier molecular flexibility index (Phi) is 3.46. The summed E-state index contributed by atoms with van der Waals surface area (Å²) >= 11 is 9.45. The van der Waals surface area contributed by atoms with E-state index in [1.54, 1.807) is 13.3 Å². The Morgan fingerprint density at radius 3 is 2.88 bits per heavy atom. The van der Waals surface area contributed by atoms with E-state index >= 15 is 0 Å². The van der Waals surface area contributed by atoms with E-state index in [0.29, 0.717) is 10.9 Å². The summed E-state index contributed by atoms with van der Waals surface area (Å²) < 4.78 is 4.96. The summed E-state index contributed by atoms with van der Waals surface area (Å²) in [5, 5.41) is 9.58. The van der Waals surface area contributed by atoms with Crippen LogP contribution in [-0.4, -0.2) is 22.1 Å². The van der Waals surface area contributed by atoms with Crippen LogP contribution in [0, 0.1) is 0 Å². The third-order valence-corrected chi connectivity index (χ3v) is 3.05. The van der Waals surface area contributed by atoms with Crippen LogP contribution in [0.2, 0.25) is 5.02 Å². The third kappa shape index (κ3) is 2.20. The van der Waals surface area contributed by atoms with Crippen molar-refractivity contribution in [2.24, 2.45) is 0 Å². The quantitative estimate of drug-likeness (QED) is 0.819. The van der Waals surface area contributed by atoms with Crippen LogP contribution in [0.1, 0.15) is 5.56 Å². The van der Waals surface area contributed by atoms with E-state index in [-0.39, 0.29) is 0 Å². The van der Waals surface area contributed by atoms with E-state index in [2.05, 4.69) is 26.1 Å². The molecular weight excluding hydrogens is 293 g/mol. The van der Waals surface area contributed by atoms with E-state index in [1.165, 1.54) is 4.80 Å². The molecule has 16 heavy (non-hydrogen) atoms. The lowest BCUT2D eigenvalue weighted by molar-refractivity contribution is 0.394. The monoisotopic (exact) mass is 301 g/mol. The smallest absolute Gasteiger partial charge is 0.253 e. The van der Waals surface area contributed by atoms with Gasteiger partial charge in [0.1, 0.15) is 6.20 Å². The molecule has 0 radical (unpaired) electrons. The predicted molar refractivity (Wildman–Crippen MR) is 65.6 cm³/mol. The first-order valence-electron chi connectivity index (χ1n) is 4.55. The van der Waals surface area contributed by atoms with Crippen molar-refractivity contribution in [1.29, 1.82) is 0 Å². The van der Waals surface area contributed by atoms with Crippen LogP contribution in [-0.2, 0) is 5.33 Å². The van der Waals surface area contributed by atoms with Crippen LogP contribution in [0.15, 0.2) is 24.4 Å². The normalized spacial score (nSPS) is 10.4. The summed E-state index contributed by atoms with van der Waals surface area (Å²) in [6.07, 6.45) is 1.55. The van der Waals surface area contributed by atoms with Crippen LogP contribution in [0.3, 0.4) is 0 Å². The summed E-state index contributed by atoms with van der Waals surface area (Å²) in [6, 6.07) is 5.65. The number of alkyl halides is 1. The van der Waals surface area contributed by atoms with Crippen LogP contribution >= 0.6 is 27.5 Å². The van der Waals surface area contributed by atoms with Gasteiger partial charge >= 0.3 is 0 Å². The van der Waals surface area contributed by atoms with Gasteiger partial charge in [-0.05, 0) is 17.7 Å². The molecule has 0 bridgehead atoms. The first kappa shape index (κ1) is 11.4. The van der Waals surface area contributed by atoms with E-state index in [1.807, 2.05) is 18.2 Å². The zero-order valence-corrected chi connectivity index (χ0v) is 10.9. The number of ether oxygens (including phenoxy) is 1. The Bertz CT molecular complexity index is 501. The molecule has 1 aromatic heterocycles. The van der Waals surface area contributed by atoms with Gasteiger partial charge in [0.2, 0.25) is 0 Å². The average molecular weight is 303 g/mol. The largest absolute Gasteiger partial charge is 0.479 e. The van der Waals surface area contributed by atoms with Crippen LogP contribution in [0.25, 0.3) is 5.69 Å². The Labute approximate surface area is 106 Å². The van der Waals surface area contributed by atoms with E-state index in [0.717, 1.165) is 16.6 Å². The molecule has 0 aliphatic carbocycles. The SMILES string of the molecule is COc1cnn(-c2ccc(CBr)c(Cl)c2)n1. The second kappa shape index (κ2) is 4.84. The lowest BCUT2D eigenvalue weighted by atomic mass is 10.2. The van der Waals surface area contributed by atoms with Crippen LogP contribution in [0.4, 0.5) is 0 Å². The van der Waals surface area contributed by atoms with Gasteiger partial charge in [0, 0.05) is 10.4 Å². The maximum Gasteiger partial charge on any atom is 0.253 e. The number of hydrogen-bond acceptors (Lipinski definition) is 3. The van der Waals surface area contributed by atoms with Crippen molar-refractivity contribution in [3.05, 3.63) is 35.0 Å². The van der Waals surface area contributed by atoms with Gasteiger partial charge in [-0.2, -0.15) is 5.10 Å². The molecule has 0 atom stereocenters. The molecule has 0 aliphatic heterocycles. The van der Waals surface area contributed by atoms with Gasteiger partial charge in [-0.25, -0.2) is 0 Å². The third-order valence-electron chi connectivity index (χ3n) is 2.09. The Balaban J connectivity index is 2.37. The number of methoxy groups -OCH3 is 1. The van der Waals surface area contributed by atoms with Gasteiger partial charge in [-0.1, -0.05) is 33.6 Å². The number of aromatic nitrogens is 3. The molecule has 84 valence electrons. The standard InChI is InChI=1S/C10H9BrClN3O/c1-16-10-6-13-15(14-10)8-3-2-7(5-11)9(12)4-8/h2-4,6H,5H2,1H3. The highest BCUT2D eigenvalue weighted by atomic mass is 79.9. The number of halogens is 2. The Hall–Kier alpha value is -1.07. The van der Waals surface area contributed by atoms with E-state index in [9.17, 15) is 0 Å². The summed E-state index contributed by atoms with van der Waals surface area (Å²) in [5.74, 6) is 0.473. The molecule has 0 amide bonds. The molecule has 6 heteroatoms. The van der Waals surface area contributed by atoms with Crippen molar-refractivity contribution in [2.45, 2.75) is 5.33 Å². The molecule has 1 aromatic carbocycles. The number of hydrogen-bond donors (Lipinski definition) is 0. The van der Waals surface area contributed by atoms with Crippen molar-refractivity contribution in [1.82, 2.24) is 15.0 Å². The molecule has 1 heterocycles. The van der Waals surface area contributed by atoms with Crippen LogP contribution in [0.5, 0.6) is 5.88 Å². The minimum absolute atomic E-state index is 0.473. The second-order valence-electron chi connectivity index (χ2n) is 3.09. The maximum absolute atomic E-state index is 6.09. The number of benzene rings is 1. The van der Waals surface area contributed by atoms with E-state index < -0.39 is 0 Å². The Morgan fingerprint density at radius 2 is 2.31 bits per heavy atom. The van der Waals surface area contributed by atoms with Crippen molar-refractivity contribution >= 4 is 27.5 Å². The fraction of sp³-hybridized carbons (Fsp3) is 0.200. The van der Waals surface area contributed by atoms with E-state index in [4.69, 9.17) is 16.3 Å². The molecule has 0 unspecified atom stereocenters. The molecule has 0 saturated heterocycles. The van der Waals surface area contributed by atoms with Gasteiger partial charge in [-0.3, -0.25) is 0 Å². The minimum atomic E-state index is 0.473. The topological polar surface area (TPSA) is 39.9 Å². The average Bonchev–Trinajstić information content (AvgIpc) is 2.77. The summed E-state index contributed by atoms with van der Waals surface area (Å²) in [5.41, 5.74) is 1.84. The zero-order valence-electron chi connectivity index (χ0n) is 8.52. The molecule has 0 spiro atoms. The zero-order chi connectivity index (χ0) is 11.5. The van der Waals surface area contributed by atoms with Gasteiger partial charge in [0.25, 0.3) is 5.88 Å². The molecule has 0 saturated carbocycles. The number of rotatable bonds is 3. The fourth-order valence-corrected chi connectivity index (χ4v) is 2.13. The molecule has 0 fully saturated rings. The number of nitrogens with zero attached hydrogens (tertiary/aromatic N) is 3. The maximum atomic E-state index is 6.09. The minimum Gasteiger partial charge on any atom is -0.479 e. The molecule has 0 aliphatic rings. The molecule has 0 N–H and O–H groups in total. The molecule has 2 rings (SSSR count). The van der Waals surface area contributed by atoms with Gasteiger partial charge < -0.3 is 4.74 Å². The second-order valence-corrected chi connectivity index (χ2v) is 4.05. The highest BCUT2D eigenvalue weighted by Crippen LogP contribution is 2.22. The van der Waals surface area contributed by atoms with Crippen molar-refractivity contribution in [2.75, 3.05) is 7.11 Å². The highest BCUT2D eigenvalue weighted by molar-refractivity contribution is 9.08. The van der Waals surface area contributed by atoms with Crippen LogP contribution < -0.4 is 4.74 Å². The van der Waals surface area contributed by atoms with Crippen molar-refractivity contribution in [3.8, 4) is 11.6 Å². The lowest BCUT2D eigenvalue weighted by Crippen LogP contribution is -1.99.